The van der Waals surface area contributed by atoms with E-state index in [-0.39, 0.29) is 0 Å². The maximum absolute atomic E-state index is 5.68. The van der Waals surface area contributed by atoms with E-state index < -0.39 is 0 Å². The van der Waals surface area contributed by atoms with E-state index in [0.717, 1.165) is 30.0 Å². The summed E-state index contributed by atoms with van der Waals surface area (Å²) in [6, 6.07) is 17.0. The summed E-state index contributed by atoms with van der Waals surface area (Å²) in [4.78, 5) is 7.02. The Labute approximate surface area is 148 Å². The fourth-order valence-electron chi connectivity index (χ4n) is 3.60. The first-order valence-electron chi connectivity index (χ1n) is 8.61. The highest BCUT2D eigenvalue weighted by atomic mass is 16.5. The van der Waals surface area contributed by atoms with Gasteiger partial charge in [0.25, 0.3) is 0 Å². The molecule has 0 radical (unpaired) electrons. The van der Waals surface area contributed by atoms with Gasteiger partial charge in [-0.25, -0.2) is 4.98 Å². The average Bonchev–Trinajstić information content (AvgIpc) is 3.28. The van der Waals surface area contributed by atoms with Crippen LogP contribution >= 0.6 is 0 Å². The van der Waals surface area contributed by atoms with Gasteiger partial charge in [-0.2, -0.15) is 0 Å². The van der Waals surface area contributed by atoms with Crippen LogP contribution in [0.2, 0.25) is 0 Å². The van der Waals surface area contributed by atoms with Crippen molar-refractivity contribution >= 4 is 0 Å². The summed E-state index contributed by atoms with van der Waals surface area (Å²) in [5.74, 6) is 1.48. The van der Waals surface area contributed by atoms with Crippen molar-refractivity contribution in [2.24, 2.45) is 0 Å². The summed E-state index contributed by atoms with van der Waals surface area (Å²) in [5, 5.41) is 0. The second-order valence-corrected chi connectivity index (χ2v) is 6.54. The third kappa shape index (κ3) is 3.17. The monoisotopic (exact) mass is 334 g/mol. The third-order valence-corrected chi connectivity index (χ3v) is 4.93. The molecule has 4 heteroatoms. The van der Waals surface area contributed by atoms with E-state index in [9.17, 15) is 0 Å². The maximum Gasteiger partial charge on any atom is 0.226 e. The zero-order chi connectivity index (χ0) is 17.2. The standard InChI is InChI=1S/C21H22N2O2/c1-23(20-12-9-15-5-3-4-6-19(15)20)13-17-14-25-21(22-17)16-7-10-18(24-2)11-8-16/h3-8,10-11,14,20H,9,12-13H2,1-2H3/t20-/m1/s1. The highest BCUT2D eigenvalue weighted by molar-refractivity contribution is 5.54. The van der Waals surface area contributed by atoms with E-state index in [0.29, 0.717) is 11.9 Å². The van der Waals surface area contributed by atoms with Gasteiger partial charge in [-0.3, -0.25) is 4.90 Å². The smallest absolute Gasteiger partial charge is 0.226 e. The Kier molecular flexibility index (Phi) is 4.28. The molecule has 3 aromatic rings. The molecule has 0 amide bonds. The topological polar surface area (TPSA) is 38.5 Å². The lowest BCUT2D eigenvalue weighted by Gasteiger charge is -2.24. The van der Waals surface area contributed by atoms with Gasteiger partial charge in [0, 0.05) is 18.2 Å². The normalized spacial score (nSPS) is 16.2. The Morgan fingerprint density at radius 2 is 1.96 bits per heavy atom. The first-order chi connectivity index (χ1) is 12.2. The summed E-state index contributed by atoms with van der Waals surface area (Å²) in [7, 11) is 3.82. The molecule has 0 saturated heterocycles. The molecule has 0 spiro atoms. The molecule has 0 unspecified atom stereocenters. The van der Waals surface area contributed by atoms with Gasteiger partial charge in [0.2, 0.25) is 5.89 Å². The van der Waals surface area contributed by atoms with Crippen LogP contribution in [-0.2, 0) is 13.0 Å². The molecule has 0 saturated carbocycles. The predicted octanol–water partition coefficient (Wildman–Crippen LogP) is 4.47. The lowest BCUT2D eigenvalue weighted by molar-refractivity contribution is 0.233. The van der Waals surface area contributed by atoms with Crippen molar-refractivity contribution in [3.63, 3.8) is 0 Å². The van der Waals surface area contributed by atoms with E-state index in [2.05, 4.69) is 41.2 Å². The van der Waals surface area contributed by atoms with Crippen molar-refractivity contribution < 1.29 is 9.15 Å². The van der Waals surface area contributed by atoms with Crippen molar-refractivity contribution in [1.82, 2.24) is 9.88 Å². The van der Waals surface area contributed by atoms with Crippen molar-refractivity contribution in [2.75, 3.05) is 14.2 Å². The number of aromatic nitrogens is 1. The molecule has 0 bridgehead atoms. The molecular weight excluding hydrogens is 312 g/mol. The predicted molar refractivity (Wildman–Crippen MR) is 97.5 cm³/mol. The Hall–Kier alpha value is -2.59. The lowest BCUT2D eigenvalue weighted by Crippen LogP contribution is -2.22. The van der Waals surface area contributed by atoms with E-state index >= 15 is 0 Å². The largest absolute Gasteiger partial charge is 0.497 e. The summed E-state index contributed by atoms with van der Waals surface area (Å²) in [6.07, 6.45) is 4.08. The number of hydrogen-bond donors (Lipinski definition) is 0. The van der Waals surface area contributed by atoms with Gasteiger partial charge in [-0.1, -0.05) is 24.3 Å². The maximum atomic E-state index is 5.68. The summed E-state index contributed by atoms with van der Waals surface area (Å²) < 4.78 is 10.9. The highest BCUT2D eigenvalue weighted by Gasteiger charge is 2.25. The fourth-order valence-corrected chi connectivity index (χ4v) is 3.60. The third-order valence-electron chi connectivity index (χ3n) is 4.93. The van der Waals surface area contributed by atoms with Crippen molar-refractivity contribution in [3.05, 3.63) is 71.6 Å². The molecule has 25 heavy (non-hydrogen) atoms. The second-order valence-electron chi connectivity index (χ2n) is 6.54. The van der Waals surface area contributed by atoms with Crippen LogP contribution in [0.25, 0.3) is 11.5 Å². The summed E-state index contributed by atoms with van der Waals surface area (Å²) in [5.41, 5.74) is 4.83. The minimum Gasteiger partial charge on any atom is -0.497 e. The number of hydrogen-bond acceptors (Lipinski definition) is 4. The SMILES string of the molecule is COc1ccc(-c2nc(CN(C)[C@@H]3CCc4ccccc43)co2)cc1. The number of fused-ring (bicyclic) bond motifs is 1. The first kappa shape index (κ1) is 15.9. The Morgan fingerprint density at radius 3 is 2.76 bits per heavy atom. The van der Waals surface area contributed by atoms with E-state index in [1.807, 2.05) is 24.3 Å². The van der Waals surface area contributed by atoms with Crippen LogP contribution in [0.1, 0.15) is 29.3 Å². The highest BCUT2D eigenvalue weighted by Crippen LogP contribution is 2.35. The first-order valence-corrected chi connectivity index (χ1v) is 8.61. The second kappa shape index (κ2) is 6.73. The fraction of sp³-hybridized carbons (Fsp3) is 0.286. The Bertz CT molecular complexity index is 854. The summed E-state index contributed by atoms with van der Waals surface area (Å²) >= 11 is 0. The molecule has 1 aliphatic carbocycles. The van der Waals surface area contributed by atoms with Crippen LogP contribution in [0.15, 0.2) is 59.2 Å². The van der Waals surface area contributed by atoms with Gasteiger partial charge in [-0.15, -0.1) is 0 Å². The zero-order valence-electron chi connectivity index (χ0n) is 14.6. The molecular formula is C21H22N2O2. The minimum atomic E-state index is 0.456. The van der Waals surface area contributed by atoms with Crippen molar-refractivity contribution in [1.29, 1.82) is 0 Å². The van der Waals surface area contributed by atoms with Crippen LogP contribution in [0, 0.1) is 0 Å². The molecule has 4 nitrogen and oxygen atoms in total. The minimum absolute atomic E-state index is 0.456. The Balaban J connectivity index is 1.47. The lowest BCUT2D eigenvalue weighted by atomic mass is 10.1. The van der Waals surface area contributed by atoms with Gasteiger partial charge in [0.05, 0.1) is 12.8 Å². The van der Waals surface area contributed by atoms with Gasteiger partial charge < -0.3 is 9.15 Å². The average molecular weight is 334 g/mol. The van der Waals surface area contributed by atoms with Gasteiger partial charge in [0.15, 0.2) is 0 Å². The number of methoxy groups -OCH3 is 1. The molecule has 0 aliphatic heterocycles. The number of rotatable bonds is 5. The quantitative estimate of drug-likeness (QED) is 0.690. The molecule has 2 aromatic carbocycles. The van der Waals surface area contributed by atoms with Crippen LogP contribution in [0.5, 0.6) is 5.75 Å². The van der Waals surface area contributed by atoms with Crippen LogP contribution < -0.4 is 4.74 Å². The number of aryl methyl sites for hydroxylation is 1. The molecule has 1 atom stereocenters. The number of benzene rings is 2. The van der Waals surface area contributed by atoms with Gasteiger partial charge in [-0.05, 0) is 55.3 Å². The number of ether oxygens (including phenoxy) is 1. The molecule has 4 rings (SSSR count). The van der Waals surface area contributed by atoms with Gasteiger partial charge in [0.1, 0.15) is 12.0 Å². The molecule has 0 fully saturated rings. The van der Waals surface area contributed by atoms with Crippen molar-refractivity contribution in [2.45, 2.75) is 25.4 Å². The van der Waals surface area contributed by atoms with Crippen molar-refractivity contribution in [3.8, 4) is 17.2 Å². The molecule has 0 N–H and O–H groups in total. The number of nitrogens with zero attached hydrogens (tertiary/aromatic N) is 2. The number of oxazole rings is 1. The van der Waals surface area contributed by atoms with Crippen LogP contribution in [0.4, 0.5) is 0 Å². The van der Waals surface area contributed by atoms with E-state index in [1.54, 1.807) is 13.4 Å². The van der Waals surface area contributed by atoms with Crippen LogP contribution in [0.3, 0.4) is 0 Å². The molecule has 1 aliphatic rings. The van der Waals surface area contributed by atoms with Gasteiger partial charge >= 0.3 is 0 Å². The summed E-state index contributed by atoms with van der Waals surface area (Å²) in [6.45, 7) is 0.776. The molecule has 128 valence electrons. The van der Waals surface area contributed by atoms with Crippen LogP contribution in [-0.4, -0.2) is 24.0 Å². The van der Waals surface area contributed by atoms with E-state index in [1.165, 1.54) is 17.5 Å². The zero-order valence-corrected chi connectivity index (χ0v) is 14.6. The molecule has 1 aromatic heterocycles. The van der Waals surface area contributed by atoms with E-state index in [4.69, 9.17) is 9.15 Å². The Morgan fingerprint density at radius 1 is 1.16 bits per heavy atom. The molecule has 1 heterocycles.